The molecule has 2 amide bonds. The van der Waals surface area contributed by atoms with E-state index in [0.717, 1.165) is 5.56 Å². The van der Waals surface area contributed by atoms with Gasteiger partial charge in [0.25, 0.3) is 0 Å². The molecular formula is C39H44N4O14. The molecule has 3 aliphatic rings. The number of aliphatic hydroxyl groups is 2. The van der Waals surface area contributed by atoms with Gasteiger partial charge in [-0.05, 0) is 56.4 Å². The van der Waals surface area contributed by atoms with Crippen molar-refractivity contribution in [1.82, 2.24) is 0 Å². The third-order valence-corrected chi connectivity index (χ3v) is 10.0. The highest BCUT2D eigenvalue weighted by Crippen LogP contribution is 2.51. The van der Waals surface area contributed by atoms with Crippen LogP contribution in [0, 0.1) is 10.8 Å². The summed E-state index contributed by atoms with van der Waals surface area (Å²) in [6.07, 6.45) is -2.85. The summed E-state index contributed by atoms with van der Waals surface area (Å²) in [5, 5.41) is 47.5. The molecule has 0 saturated carbocycles. The highest BCUT2D eigenvalue weighted by molar-refractivity contribution is 6.31. The molecule has 3 aromatic carbocycles. The molecular weight excluding hydrogens is 748 g/mol. The quantitative estimate of drug-likeness (QED) is 0.0801. The predicted molar refractivity (Wildman–Crippen MR) is 200 cm³/mol. The summed E-state index contributed by atoms with van der Waals surface area (Å²) in [4.78, 5) is 71.6. The number of nitroso groups, excluding NO2 is 1. The van der Waals surface area contributed by atoms with Gasteiger partial charge in [0.15, 0.2) is 17.9 Å². The number of hydrogen-bond donors (Lipinski definition) is 7. The van der Waals surface area contributed by atoms with Crippen molar-refractivity contribution in [3.8, 4) is 17.2 Å². The Labute approximate surface area is 326 Å². The van der Waals surface area contributed by atoms with E-state index in [0.29, 0.717) is 18.5 Å². The number of ether oxygens (including phenoxy) is 4. The molecule has 0 radical (unpaired) electrons. The highest BCUT2D eigenvalue weighted by atomic mass is 16.7. The van der Waals surface area contributed by atoms with Crippen molar-refractivity contribution >= 4 is 35.0 Å². The maximum absolute atomic E-state index is 13.6. The fraction of sp³-hybridized carbons (Fsp3) is 0.410. The van der Waals surface area contributed by atoms with Crippen molar-refractivity contribution in [3.05, 3.63) is 86.3 Å². The van der Waals surface area contributed by atoms with Gasteiger partial charge in [-0.3, -0.25) is 19.2 Å². The van der Waals surface area contributed by atoms with Crippen LogP contribution in [-0.4, -0.2) is 94.6 Å². The molecule has 9 N–H and O–H groups in total. The fourth-order valence-corrected chi connectivity index (χ4v) is 7.00. The van der Waals surface area contributed by atoms with Gasteiger partial charge in [0, 0.05) is 34.7 Å². The van der Waals surface area contributed by atoms with Crippen molar-refractivity contribution in [2.45, 2.75) is 76.3 Å². The van der Waals surface area contributed by atoms with E-state index >= 15 is 0 Å². The number of aromatic hydroxyl groups is 2. The number of hydrogen-bond acceptors (Lipinski definition) is 16. The Morgan fingerprint density at radius 3 is 2.35 bits per heavy atom. The minimum absolute atomic E-state index is 0.00200. The zero-order chi connectivity index (χ0) is 41.6. The molecule has 0 bridgehead atoms. The molecule has 18 nitrogen and oxygen atoms in total. The molecule has 3 unspecified atom stereocenters. The van der Waals surface area contributed by atoms with Crippen molar-refractivity contribution in [3.63, 3.8) is 0 Å². The molecule has 1 aliphatic heterocycles. The Balaban J connectivity index is 0.000000263. The Hall–Kier alpha value is -5.79. The Bertz CT molecular complexity index is 2040. The van der Waals surface area contributed by atoms with Crippen molar-refractivity contribution < 1.29 is 63.3 Å². The number of anilines is 1. The zero-order valence-electron chi connectivity index (χ0n) is 31.1. The smallest absolute Gasteiger partial charge is 0.404 e. The number of nitrogens with two attached hydrogens (primary N) is 2. The SMILES string of the molecule is COc1cccc2c1C(=O)c1c(O)c3c(c(O)c1C2=O)CC(C(=O)CO)C[C@@H]3OC1CC[C@H](O)[C@H](C)O1.NC(=O)OCc1ccc(NC(=O)C(N)CCN=O)cc1. The molecule has 57 heavy (non-hydrogen) atoms. The number of nitrogens with one attached hydrogen (secondary N) is 1. The van der Waals surface area contributed by atoms with Gasteiger partial charge in [-0.1, -0.05) is 29.4 Å². The molecule has 6 rings (SSSR count). The van der Waals surface area contributed by atoms with E-state index in [1.54, 1.807) is 37.3 Å². The molecule has 1 saturated heterocycles. The largest absolute Gasteiger partial charge is 0.507 e. The van der Waals surface area contributed by atoms with Crippen LogP contribution in [-0.2, 0) is 36.8 Å². The predicted octanol–water partition coefficient (Wildman–Crippen LogP) is 2.65. The van der Waals surface area contributed by atoms with Crippen LogP contribution in [0.25, 0.3) is 0 Å². The van der Waals surface area contributed by atoms with Crippen LogP contribution in [0.4, 0.5) is 10.5 Å². The number of aliphatic hydroxyl groups excluding tert-OH is 2. The van der Waals surface area contributed by atoms with Gasteiger partial charge in [-0.2, -0.15) is 4.91 Å². The first-order chi connectivity index (χ1) is 27.2. The van der Waals surface area contributed by atoms with Crippen LogP contribution < -0.4 is 21.5 Å². The first-order valence-electron chi connectivity index (χ1n) is 18.1. The Kier molecular flexibility index (Phi) is 13.7. The van der Waals surface area contributed by atoms with Gasteiger partial charge in [0.2, 0.25) is 11.7 Å². The number of Topliss-reactive ketones (excluding diaryl/α,β-unsaturated/α-hetero) is 1. The summed E-state index contributed by atoms with van der Waals surface area (Å²) >= 11 is 0. The summed E-state index contributed by atoms with van der Waals surface area (Å²) in [5.41, 5.74) is 11.2. The molecule has 2 aliphatic carbocycles. The number of amides is 2. The number of phenolic OH excluding ortho intramolecular Hbond substituents is 2. The highest BCUT2D eigenvalue weighted by Gasteiger charge is 2.44. The van der Waals surface area contributed by atoms with Crippen LogP contribution in [0.2, 0.25) is 0 Å². The van der Waals surface area contributed by atoms with E-state index in [2.05, 4.69) is 15.2 Å². The lowest BCUT2D eigenvalue weighted by atomic mass is 9.73. The lowest BCUT2D eigenvalue weighted by Crippen LogP contribution is -2.39. The first kappa shape index (κ1) is 42.4. The summed E-state index contributed by atoms with van der Waals surface area (Å²) in [6, 6.07) is 10.4. The molecule has 6 atom stereocenters. The summed E-state index contributed by atoms with van der Waals surface area (Å²) < 4.78 is 21.8. The minimum Gasteiger partial charge on any atom is -0.507 e. The third-order valence-electron chi connectivity index (χ3n) is 10.0. The zero-order valence-corrected chi connectivity index (χ0v) is 31.1. The third kappa shape index (κ3) is 9.27. The van der Waals surface area contributed by atoms with E-state index in [1.165, 1.54) is 19.2 Å². The average molecular weight is 793 g/mol. The number of fused-ring (bicyclic) bond motifs is 3. The molecule has 304 valence electrons. The van der Waals surface area contributed by atoms with Gasteiger partial charge >= 0.3 is 6.09 Å². The first-order valence-corrected chi connectivity index (χ1v) is 18.1. The van der Waals surface area contributed by atoms with Crippen LogP contribution in [0.1, 0.15) is 87.2 Å². The number of ketones is 3. The second kappa shape index (κ2) is 18.4. The lowest BCUT2D eigenvalue weighted by Gasteiger charge is -2.38. The Morgan fingerprint density at radius 1 is 1.02 bits per heavy atom. The Morgan fingerprint density at radius 2 is 1.72 bits per heavy atom. The van der Waals surface area contributed by atoms with E-state index in [-0.39, 0.29) is 71.5 Å². The average Bonchev–Trinajstić information content (AvgIpc) is 3.20. The molecule has 18 heteroatoms. The summed E-state index contributed by atoms with van der Waals surface area (Å²) in [7, 11) is 1.36. The van der Waals surface area contributed by atoms with Crippen LogP contribution >= 0.6 is 0 Å². The lowest BCUT2D eigenvalue weighted by molar-refractivity contribution is -0.239. The summed E-state index contributed by atoms with van der Waals surface area (Å²) in [6.45, 7) is 1.03. The maximum atomic E-state index is 13.6. The number of primary amides is 1. The minimum atomic E-state index is -0.991. The van der Waals surface area contributed by atoms with E-state index < -0.39 is 84.0 Å². The van der Waals surface area contributed by atoms with Crippen molar-refractivity contribution in [2.24, 2.45) is 22.6 Å². The van der Waals surface area contributed by atoms with E-state index in [9.17, 15) is 49.3 Å². The normalized spacial score (nSPS) is 21.4. The van der Waals surface area contributed by atoms with Crippen LogP contribution in [0.3, 0.4) is 0 Å². The standard InChI is InChI=1S/C27H28O10.C12H16N4O4/c1-11-15(29)6-7-19(36-11)37-18-9-12(16(30)10-28)8-14-21(18)27(34)23-22(25(14)32)24(31)13-4-3-5-17(35-2)20(13)26(23)33;13-10(5-6-15-19)11(17)16-9-3-1-8(2-4-9)7-20-12(14)18/h3-5,11-12,15,18-19,28-29,32,34H,6-10H2,1-2H3;1-4,10H,5-7,13H2,(H2,14,18)(H,16,17)/t11-,12?,15-,18-,19?;/m0./s1. The summed E-state index contributed by atoms with van der Waals surface area (Å²) in [5.74, 6) is -3.85. The number of nitrogens with zero attached hydrogens (tertiary/aromatic N) is 1. The van der Waals surface area contributed by atoms with E-state index in [1.807, 2.05) is 0 Å². The number of phenols is 2. The van der Waals surface area contributed by atoms with Crippen molar-refractivity contribution in [1.29, 1.82) is 0 Å². The molecule has 0 aromatic heterocycles. The number of benzene rings is 3. The molecule has 1 fully saturated rings. The van der Waals surface area contributed by atoms with Crippen LogP contribution in [0.5, 0.6) is 17.2 Å². The van der Waals surface area contributed by atoms with Gasteiger partial charge in [-0.25, -0.2) is 4.79 Å². The van der Waals surface area contributed by atoms with Gasteiger partial charge in [0.1, 0.15) is 30.5 Å². The second-order valence-corrected chi connectivity index (χ2v) is 13.7. The number of carbonyl (C=O) groups is 5. The number of methoxy groups -OCH3 is 1. The van der Waals surface area contributed by atoms with Gasteiger partial charge in [0.05, 0.1) is 54.7 Å². The maximum Gasteiger partial charge on any atom is 0.404 e. The van der Waals surface area contributed by atoms with Gasteiger partial charge in [-0.15, -0.1) is 0 Å². The van der Waals surface area contributed by atoms with Crippen molar-refractivity contribution in [2.75, 3.05) is 25.6 Å². The molecule has 0 spiro atoms. The van der Waals surface area contributed by atoms with Crippen LogP contribution in [0.15, 0.2) is 47.6 Å². The topological polar surface area (TPSA) is 297 Å². The van der Waals surface area contributed by atoms with E-state index in [4.69, 9.17) is 25.7 Å². The molecule has 1 heterocycles. The number of rotatable bonds is 12. The second-order valence-electron chi connectivity index (χ2n) is 13.7. The number of carbonyl (C=O) groups excluding carboxylic acids is 5. The molecule has 3 aromatic rings. The van der Waals surface area contributed by atoms with Gasteiger partial charge < -0.3 is 56.2 Å². The monoisotopic (exact) mass is 792 g/mol. The fourth-order valence-electron chi connectivity index (χ4n) is 7.00.